The largest absolute Gasteiger partial charge is 0.443 e. The molecule has 1 aliphatic heterocycles. The van der Waals surface area contributed by atoms with Crippen LogP contribution >= 0.6 is 0 Å². The van der Waals surface area contributed by atoms with Crippen LogP contribution in [0.1, 0.15) is 31.9 Å². The first-order chi connectivity index (χ1) is 11.0. The summed E-state index contributed by atoms with van der Waals surface area (Å²) in [6, 6.07) is 4.03. The number of hydrogen-bond acceptors (Lipinski definition) is 4. The van der Waals surface area contributed by atoms with Crippen molar-refractivity contribution >= 4 is 17.4 Å². The maximum atomic E-state index is 12.6. The minimum atomic E-state index is -4.40. The van der Waals surface area contributed by atoms with Crippen LogP contribution in [0, 0.1) is 0 Å². The molecule has 24 heavy (non-hydrogen) atoms. The molecule has 1 saturated heterocycles. The van der Waals surface area contributed by atoms with Gasteiger partial charge in [0.2, 0.25) is 0 Å². The van der Waals surface area contributed by atoms with Crippen LogP contribution in [0.15, 0.2) is 24.3 Å². The number of halogens is 3. The molecule has 1 aromatic carbocycles. The van der Waals surface area contributed by atoms with Gasteiger partial charge in [0.1, 0.15) is 5.60 Å². The van der Waals surface area contributed by atoms with E-state index >= 15 is 0 Å². The molecule has 134 valence electrons. The molecule has 2 atom stereocenters. The molecular weight excluding hydrogens is 347 g/mol. The zero-order chi connectivity index (χ0) is 18.1. The van der Waals surface area contributed by atoms with Gasteiger partial charge in [-0.15, -0.1) is 0 Å². The van der Waals surface area contributed by atoms with Crippen LogP contribution < -0.4 is 0 Å². The van der Waals surface area contributed by atoms with Crippen LogP contribution in [0.3, 0.4) is 0 Å². The van der Waals surface area contributed by atoms with Crippen molar-refractivity contribution in [3.63, 3.8) is 0 Å². The Bertz CT molecular complexity index is 625. The molecule has 0 saturated carbocycles. The summed E-state index contributed by atoms with van der Waals surface area (Å²) in [6.45, 7) is 5.05. The molecule has 1 aromatic rings. The number of benzene rings is 1. The lowest BCUT2D eigenvalue weighted by molar-refractivity contribution is -0.137. The second-order valence-electron chi connectivity index (χ2n) is 6.36. The number of carbonyl (C=O) groups is 1. The molecule has 0 N–H and O–H groups in total. The van der Waals surface area contributed by atoms with Crippen molar-refractivity contribution < 1.29 is 31.1 Å². The van der Waals surface area contributed by atoms with E-state index in [2.05, 4.69) is 0 Å². The summed E-state index contributed by atoms with van der Waals surface area (Å²) < 4.78 is 60.7. The molecule has 0 radical (unpaired) electrons. The monoisotopic (exact) mass is 365 g/mol. The fraction of sp³-hybridized carbons (Fsp3) is 0.533. The van der Waals surface area contributed by atoms with Crippen LogP contribution in [0.2, 0.25) is 0 Å². The summed E-state index contributed by atoms with van der Waals surface area (Å²) in [7, 11) is 0. The number of hydrogen-bond donors (Lipinski definition) is 0. The first-order valence-electron chi connectivity index (χ1n) is 7.21. The number of nitrogens with zero attached hydrogens (tertiary/aromatic N) is 1. The van der Waals surface area contributed by atoms with E-state index in [1.54, 1.807) is 20.8 Å². The Morgan fingerprint density at radius 3 is 2.38 bits per heavy atom. The van der Waals surface area contributed by atoms with E-state index in [0.29, 0.717) is 5.56 Å². The third kappa shape index (κ3) is 4.70. The van der Waals surface area contributed by atoms with Crippen LogP contribution in [0.5, 0.6) is 0 Å². The Morgan fingerprint density at radius 2 is 1.88 bits per heavy atom. The van der Waals surface area contributed by atoms with Crippen molar-refractivity contribution in [2.45, 2.75) is 45.0 Å². The minimum Gasteiger partial charge on any atom is -0.443 e. The summed E-state index contributed by atoms with van der Waals surface area (Å²) in [6.07, 6.45) is -4.97. The highest BCUT2D eigenvalue weighted by molar-refractivity contribution is 7.78. The number of carbonyl (C=O) groups excluding carboxylic acids is 1. The topological polar surface area (TPSA) is 55.8 Å². The zero-order valence-corrected chi connectivity index (χ0v) is 14.2. The first kappa shape index (κ1) is 18.7. The SMILES string of the molecule is CC(C)(C)OC(=O)N1C(Cc2ccc(C(F)(F)F)cc2)CO[S@@]1=O. The van der Waals surface area contributed by atoms with Gasteiger partial charge in [-0.2, -0.15) is 17.5 Å². The Balaban J connectivity index is 2.10. The van der Waals surface area contributed by atoms with Crippen molar-refractivity contribution in [2.75, 3.05) is 6.61 Å². The summed E-state index contributed by atoms with van der Waals surface area (Å²) in [4.78, 5) is 12.1. The molecule has 1 heterocycles. The van der Waals surface area contributed by atoms with E-state index in [-0.39, 0.29) is 13.0 Å². The molecule has 1 amide bonds. The highest BCUT2D eigenvalue weighted by Gasteiger charge is 2.39. The fourth-order valence-electron chi connectivity index (χ4n) is 2.14. The Kier molecular flexibility index (Phi) is 5.24. The van der Waals surface area contributed by atoms with Gasteiger partial charge in [-0.1, -0.05) is 12.1 Å². The molecule has 2 rings (SSSR count). The molecule has 0 spiro atoms. The molecule has 1 fully saturated rings. The van der Waals surface area contributed by atoms with Crippen LogP contribution in [0.25, 0.3) is 0 Å². The van der Waals surface area contributed by atoms with Gasteiger partial charge in [-0.25, -0.2) is 9.00 Å². The average Bonchev–Trinajstić information content (AvgIpc) is 2.77. The van der Waals surface area contributed by atoms with E-state index in [0.717, 1.165) is 16.4 Å². The van der Waals surface area contributed by atoms with Gasteiger partial charge in [-0.05, 0) is 44.9 Å². The molecule has 1 unspecified atom stereocenters. The summed E-state index contributed by atoms with van der Waals surface area (Å²) in [5.74, 6) is 0. The average molecular weight is 365 g/mol. The number of amides is 1. The first-order valence-corrected chi connectivity index (χ1v) is 8.24. The standard InChI is InChI=1S/C15H18F3NO4S/c1-14(2,3)23-13(20)19-12(9-22-24(19)21)8-10-4-6-11(7-5-10)15(16,17)18/h4-7,12H,8-9H2,1-3H3/t12?,24-/m0/s1. The van der Waals surface area contributed by atoms with Gasteiger partial charge in [0, 0.05) is 0 Å². The van der Waals surface area contributed by atoms with Crippen molar-refractivity contribution in [3.8, 4) is 0 Å². The second-order valence-corrected chi connectivity index (χ2v) is 7.42. The van der Waals surface area contributed by atoms with Crippen molar-refractivity contribution in [1.82, 2.24) is 4.31 Å². The highest BCUT2D eigenvalue weighted by Crippen LogP contribution is 2.30. The predicted molar refractivity (Wildman–Crippen MR) is 81.1 cm³/mol. The lowest BCUT2D eigenvalue weighted by Crippen LogP contribution is -2.41. The van der Waals surface area contributed by atoms with E-state index in [4.69, 9.17) is 8.92 Å². The number of alkyl halides is 3. The maximum absolute atomic E-state index is 12.6. The van der Waals surface area contributed by atoms with Gasteiger partial charge in [-0.3, -0.25) is 4.18 Å². The summed E-state index contributed by atoms with van der Waals surface area (Å²) in [5, 5.41) is 0. The van der Waals surface area contributed by atoms with Crippen molar-refractivity contribution in [1.29, 1.82) is 0 Å². The fourth-order valence-corrected chi connectivity index (χ4v) is 3.07. The van der Waals surface area contributed by atoms with E-state index in [1.807, 2.05) is 0 Å². The number of rotatable bonds is 2. The molecular formula is C15H18F3NO4S. The lowest BCUT2D eigenvalue weighted by Gasteiger charge is -2.25. The van der Waals surface area contributed by atoms with Crippen LogP contribution in [-0.4, -0.2) is 32.9 Å². The Labute approximate surface area is 140 Å². The van der Waals surface area contributed by atoms with Gasteiger partial charge < -0.3 is 4.74 Å². The maximum Gasteiger partial charge on any atom is 0.424 e. The molecule has 5 nitrogen and oxygen atoms in total. The predicted octanol–water partition coefficient (Wildman–Crippen LogP) is 3.46. The molecule has 0 aromatic heterocycles. The normalized spacial score (nSPS) is 21.8. The van der Waals surface area contributed by atoms with E-state index in [9.17, 15) is 22.2 Å². The molecule has 0 aliphatic carbocycles. The quantitative estimate of drug-likeness (QED) is 0.805. The molecule has 9 heteroatoms. The minimum absolute atomic E-state index is 0.0207. The van der Waals surface area contributed by atoms with Gasteiger partial charge in [0.15, 0.2) is 0 Å². The Hall–Kier alpha value is -1.61. The summed E-state index contributed by atoms with van der Waals surface area (Å²) >= 11 is -1.97. The van der Waals surface area contributed by atoms with E-state index in [1.165, 1.54) is 12.1 Å². The zero-order valence-electron chi connectivity index (χ0n) is 13.4. The molecule has 1 aliphatic rings. The lowest BCUT2D eigenvalue weighted by atomic mass is 10.0. The smallest absolute Gasteiger partial charge is 0.424 e. The number of ether oxygens (including phenoxy) is 1. The summed E-state index contributed by atoms with van der Waals surface area (Å²) in [5.41, 5.74) is -0.937. The van der Waals surface area contributed by atoms with Gasteiger partial charge in [0.05, 0.1) is 18.2 Å². The third-order valence-corrected chi connectivity index (χ3v) is 4.29. The van der Waals surface area contributed by atoms with E-state index < -0.39 is 40.7 Å². The van der Waals surface area contributed by atoms with Crippen molar-refractivity contribution in [2.24, 2.45) is 0 Å². The molecule has 0 bridgehead atoms. The van der Waals surface area contributed by atoms with Crippen LogP contribution in [0.4, 0.5) is 18.0 Å². The third-order valence-electron chi connectivity index (χ3n) is 3.18. The Morgan fingerprint density at radius 1 is 1.29 bits per heavy atom. The van der Waals surface area contributed by atoms with Gasteiger partial charge in [0.25, 0.3) is 11.3 Å². The van der Waals surface area contributed by atoms with Gasteiger partial charge >= 0.3 is 12.3 Å². The van der Waals surface area contributed by atoms with Crippen LogP contribution in [-0.2, 0) is 32.8 Å². The highest BCUT2D eigenvalue weighted by atomic mass is 32.2. The van der Waals surface area contributed by atoms with Crippen molar-refractivity contribution in [3.05, 3.63) is 35.4 Å². The second kappa shape index (κ2) is 6.72.